The Kier molecular flexibility index (Phi) is 7.41. The average Bonchev–Trinajstić information content (AvgIpc) is 3.91. The zero-order valence-electron chi connectivity index (χ0n) is 31.8. The molecule has 0 amide bonds. The smallest absolute Gasteiger partial charge is 0.160 e. The zero-order valence-corrected chi connectivity index (χ0v) is 31.8. The van der Waals surface area contributed by atoms with Gasteiger partial charge in [0.05, 0.1) is 23.1 Å². The molecule has 1 spiro atoms. The first-order valence-corrected chi connectivity index (χ1v) is 20.0. The molecule has 59 heavy (non-hydrogen) atoms. The summed E-state index contributed by atoms with van der Waals surface area (Å²) in [6.07, 6.45) is 1.79. The largest absolute Gasteiger partial charge is 0.464 e. The van der Waals surface area contributed by atoms with E-state index in [1.165, 1.54) is 16.7 Å². The fourth-order valence-electron chi connectivity index (χ4n) is 9.39. The van der Waals surface area contributed by atoms with E-state index in [1.54, 1.807) is 6.26 Å². The second kappa shape index (κ2) is 13.1. The Morgan fingerprint density at radius 2 is 0.949 bits per heavy atom. The Hall–Kier alpha value is -7.82. The van der Waals surface area contributed by atoms with Crippen molar-refractivity contribution in [1.29, 1.82) is 0 Å². The lowest BCUT2D eigenvalue weighted by Gasteiger charge is -2.39. The van der Waals surface area contributed by atoms with E-state index in [2.05, 4.69) is 158 Å². The molecule has 0 N–H and O–H groups in total. The molecule has 1 atom stereocenters. The molecule has 10 aromatic rings. The molecule has 2 aliphatic rings. The molecule has 0 bridgehead atoms. The lowest BCUT2D eigenvalue weighted by Crippen LogP contribution is -2.32. The molecule has 0 saturated heterocycles. The van der Waals surface area contributed by atoms with E-state index < -0.39 is 5.41 Å². The fraction of sp³-hybridized carbons (Fsp3) is 0.0182. The number of benzene rings is 8. The number of aromatic nitrogens is 2. The first-order valence-electron chi connectivity index (χ1n) is 20.0. The van der Waals surface area contributed by atoms with Crippen molar-refractivity contribution in [3.63, 3.8) is 0 Å². The highest BCUT2D eigenvalue weighted by Crippen LogP contribution is 2.63. The summed E-state index contributed by atoms with van der Waals surface area (Å²) in [5.74, 6) is 2.41. The Morgan fingerprint density at radius 1 is 0.373 bits per heavy atom. The summed E-state index contributed by atoms with van der Waals surface area (Å²) in [6.45, 7) is 0. The molecule has 1 aliphatic heterocycles. The van der Waals surface area contributed by atoms with Crippen molar-refractivity contribution in [3.05, 3.63) is 229 Å². The van der Waals surface area contributed by atoms with Gasteiger partial charge in [0.2, 0.25) is 0 Å². The molecule has 0 radical (unpaired) electrons. The van der Waals surface area contributed by atoms with Crippen molar-refractivity contribution in [2.45, 2.75) is 5.41 Å². The van der Waals surface area contributed by atoms with Crippen LogP contribution in [0.4, 0.5) is 0 Å². The molecule has 12 rings (SSSR count). The van der Waals surface area contributed by atoms with Crippen molar-refractivity contribution in [3.8, 4) is 78.8 Å². The van der Waals surface area contributed by atoms with Gasteiger partial charge in [-0.05, 0) is 81.4 Å². The number of fused-ring (bicyclic) bond motifs is 11. The number of furan rings is 1. The van der Waals surface area contributed by atoms with Crippen LogP contribution in [0, 0.1) is 0 Å². The Labute approximate surface area is 341 Å². The minimum atomic E-state index is -0.605. The number of hydrogen-bond acceptors (Lipinski definition) is 4. The van der Waals surface area contributed by atoms with E-state index in [0.717, 1.165) is 89.5 Å². The van der Waals surface area contributed by atoms with Crippen LogP contribution < -0.4 is 4.74 Å². The third kappa shape index (κ3) is 5.16. The van der Waals surface area contributed by atoms with Gasteiger partial charge in [-0.1, -0.05) is 158 Å². The van der Waals surface area contributed by atoms with Crippen LogP contribution in [0.25, 0.3) is 78.3 Å². The van der Waals surface area contributed by atoms with Crippen molar-refractivity contribution < 1.29 is 9.15 Å². The molecule has 4 heteroatoms. The van der Waals surface area contributed by atoms with Crippen LogP contribution >= 0.6 is 0 Å². The summed E-state index contributed by atoms with van der Waals surface area (Å²) >= 11 is 0. The number of para-hydroxylation sites is 1. The monoisotopic (exact) mass is 754 g/mol. The Morgan fingerprint density at radius 3 is 1.68 bits per heavy atom. The van der Waals surface area contributed by atoms with Gasteiger partial charge in [-0.2, -0.15) is 0 Å². The van der Waals surface area contributed by atoms with Crippen LogP contribution in [-0.4, -0.2) is 9.97 Å². The Bertz CT molecular complexity index is 3200. The number of hydrogen-bond donors (Lipinski definition) is 0. The van der Waals surface area contributed by atoms with Gasteiger partial charge < -0.3 is 9.15 Å². The van der Waals surface area contributed by atoms with Crippen molar-refractivity contribution in [2.75, 3.05) is 0 Å². The summed E-state index contributed by atoms with van der Waals surface area (Å²) in [5.41, 5.74) is 16.6. The van der Waals surface area contributed by atoms with Gasteiger partial charge in [0.15, 0.2) is 5.82 Å². The molecule has 1 aliphatic carbocycles. The highest BCUT2D eigenvalue weighted by atomic mass is 16.5. The number of ether oxygens (including phenoxy) is 1. The van der Waals surface area contributed by atoms with Crippen LogP contribution in [0.1, 0.15) is 22.3 Å². The molecular weight excluding hydrogens is 721 g/mol. The predicted octanol–water partition coefficient (Wildman–Crippen LogP) is 14.0. The quantitative estimate of drug-likeness (QED) is 0.176. The third-order valence-corrected chi connectivity index (χ3v) is 12.0. The van der Waals surface area contributed by atoms with Gasteiger partial charge in [0.1, 0.15) is 17.1 Å². The second-order valence-corrected chi connectivity index (χ2v) is 15.3. The maximum atomic E-state index is 6.74. The first kappa shape index (κ1) is 33.3. The van der Waals surface area contributed by atoms with Crippen LogP contribution in [-0.2, 0) is 5.41 Å². The minimum absolute atomic E-state index is 0.605. The van der Waals surface area contributed by atoms with Gasteiger partial charge in [0, 0.05) is 38.8 Å². The van der Waals surface area contributed by atoms with Crippen molar-refractivity contribution >= 4 is 11.0 Å². The first-order chi connectivity index (χ1) is 29.2. The summed E-state index contributed by atoms with van der Waals surface area (Å²) < 4.78 is 13.0. The second-order valence-electron chi connectivity index (χ2n) is 15.3. The summed E-state index contributed by atoms with van der Waals surface area (Å²) in [4.78, 5) is 10.2. The van der Waals surface area contributed by atoms with Crippen LogP contribution in [0.5, 0.6) is 11.5 Å². The van der Waals surface area contributed by atoms with Crippen LogP contribution in [0.2, 0.25) is 0 Å². The van der Waals surface area contributed by atoms with Gasteiger partial charge in [-0.3, -0.25) is 0 Å². The minimum Gasteiger partial charge on any atom is -0.464 e. The van der Waals surface area contributed by atoms with Gasteiger partial charge in [0.25, 0.3) is 0 Å². The number of nitrogens with zero attached hydrogens (tertiary/aromatic N) is 2. The molecule has 0 saturated carbocycles. The zero-order chi connectivity index (χ0) is 38.9. The maximum absolute atomic E-state index is 6.74. The predicted molar refractivity (Wildman–Crippen MR) is 236 cm³/mol. The topological polar surface area (TPSA) is 48.2 Å². The van der Waals surface area contributed by atoms with Crippen LogP contribution in [0.3, 0.4) is 0 Å². The van der Waals surface area contributed by atoms with E-state index in [4.69, 9.17) is 19.1 Å². The summed E-state index contributed by atoms with van der Waals surface area (Å²) in [5, 5.41) is 1.10. The SMILES string of the molecule is c1ccc(-c2cc(-c3ccccc3)nc(-c3cccc(-c4cccc(-c5ccc6c(c5)C5(c7ccccc7O6)c6ccccc6-c6c5ccc5ccoc65)c4)c3)n2)cc1. The molecule has 3 heterocycles. The number of rotatable bonds is 5. The maximum Gasteiger partial charge on any atom is 0.160 e. The fourth-order valence-corrected chi connectivity index (χ4v) is 9.39. The molecule has 0 fully saturated rings. The molecule has 4 nitrogen and oxygen atoms in total. The van der Waals surface area contributed by atoms with Crippen LogP contribution in [0.15, 0.2) is 211 Å². The van der Waals surface area contributed by atoms with Crippen molar-refractivity contribution in [2.24, 2.45) is 0 Å². The highest BCUT2D eigenvalue weighted by molar-refractivity contribution is 6.02. The van der Waals surface area contributed by atoms with E-state index in [-0.39, 0.29) is 0 Å². The van der Waals surface area contributed by atoms with Crippen molar-refractivity contribution in [1.82, 2.24) is 9.97 Å². The molecular formula is C55H34N2O2. The molecule has 1 unspecified atom stereocenters. The lowest BCUT2D eigenvalue weighted by atomic mass is 9.65. The van der Waals surface area contributed by atoms with Gasteiger partial charge in [-0.15, -0.1) is 0 Å². The Balaban J connectivity index is 0.988. The third-order valence-electron chi connectivity index (χ3n) is 12.0. The molecule has 8 aromatic carbocycles. The van der Waals surface area contributed by atoms with E-state index in [9.17, 15) is 0 Å². The highest BCUT2D eigenvalue weighted by Gasteiger charge is 2.52. The standard InChI is InChI=1S/C55H34N2O2/c1-3-13-35(14-4-1)48-34-49(36-15-5-2-6-16-36)57-54(56-48)42-20-12-19-40(32-42)38-17-11-18-39(31-38)41-26-28-51-47(33-41)55(45-23-9-10-24-50(45)59-51)44-22-8-7-21-43(44)52-46(55)27-25-37-29-30-58-53(37)52/h1-34H. The van der Waals surface area contributed by atoms with Gasteiger partial charge in [-0.25, -0.2) is 9.97 Å². The average molecular weight is 755 g/mol. The van der Waals surface area contributed by atoms with Gasteiger partial charge >= 0.3 is 0 Å². The lowest BCUT2D eigenvalue weighted by molar-refractivity contribution is 0.436. The van der Waals surface area contributed by atoms with E-state index in [1.807, 2.05) is 42.5 Å². The molecule has 276 valence electrons. The van der Waals surface area contributed by atoms with E-state index in [0.29, 0.717) is 5.82 Å². The molecule has 2 aromatic heterocycles. The normalized spacial score (nSPS) is 14.6. The van der Waals surface area contributed by atoms with E-state index >= 15 is 0 Å². The summed E-state index contributed by atoms with van der Waals surface area (Å²) in [6, 6.07) is 70.5. The summed E-state index contributed by atoms with van der Waals surface area (Å²) in [7, 11) is 0.